The van der Waals surface area contributed by atoms with Gasteiger partial charge in [-0.1, -0.05) is 0 Å². The van der Waals surface area contributed by atoms with Gasteiger partial charge in [-0.25, -0.2) is 0 Å². The van der Waals surface area contributed by atoms with E-state index in [4.69, 9.17) is 14.2 Å². The molecule has 2 rings (SSSR count). The Labute approximate surface area is 82.8 Å². The van der Waals surface area contributed by atoms with Gasteiger partial charge in [-0.3, -0.25) is 0 Å². The summed E-state index contributed by atoms with van der Waals surface area (Å²) in [7, 11) is 1.68. The van der Waals surface area contributed by atoms with E-state index in [0.717, 1.165) is 23.7 Å². The average Bonchev–Trinajstić information content (AvgIpc) is 2.65. The van der Waals surface area contributed by atoms with Gasteiger partial charge in [-0.15, -0.1) is 0 Å². The lowest BCUT2D eigenvalue weighted by atomic mass is 10.3. The predicted octanol–water partition coefficient (Wildman–Crippen LogP) is 1.47. The van der Waals surface area contributed by atoms with Crippen molar-refractivity contribution in [3.8, 4) is 11.5 Å². The molecule has 1 aromatic carbocycles. The Kier molecular flexibility index (Phi) is 2.74. The molecule has 0 atom stereocenters. The Bertz CT molecular complexity index is 314. The monoisotopic (exact) mass is 195 g/mol. The van der Waals surface area contributed by atoms with Crippen LogP contribution < -0.4 is 14.8 Å². The number of hydrogen-bond acceptors (Lipinski definition) is 4. The Hall–Kier alpha value is -1.42. The van der Waals surface area contributed by atoms with E-state index in [0.29, 0.717) is 13.4 Å². The van der Waals surface area contributed by atoms with E-state index < -0.39 is 0 Å². The molecule has 0 saturated carbocycles. The third-order valence-corrected chi connectivity index (χ3v) is 2.01. The number of anilines is 1. The number of ether oxygens (including phenoxy) is 3. The third-order valence-electron chi connectivity index (χ3n) is 2.01. The molecule has 1 heterocycles. The van der Waals surface area contributed by atoms with Crippen molar-refractivity contribution in [1.29, 1.82) is 0 Å². The maximum absolute atomic E-state index is 5.25. The summed E-state index contributed by atoms with van der Waals surface area (Å²) in [5.41, 5.74) is 1.02. The summed E-state index contributed by atoms with van der Waals surface area (Å²) in [5.74, 6) is 1.61. The first-order valence-corrected chi connectivity index (χ1v) is 4.52. The lowest BCUT2D eigenvalue weighted by Crippen LogP contribution is -2.07. The van der Waals surface area contributed by atoms with Crippen LogP contribution >= 0.6 is 0 Å². The second-order valence-electron chi connectivity index (χ2n) is 2.99. The van der Waals surface area contributed by atoms with E-state index in [2.05, 4.69) is 5.32 Å². The Balaban J connectivity index is 1.98. The fourth-order valence-corrected chi connectivity index (χ4v) is 1.30. The zero-order valence-electron chi connectivity index (χ0n) is 8.08. The van der Waals surface area contributed by atoms with Crippen molar-refractivity contribution >= 4 is 5.69 Å². The average molecular weight is 195 g/mol. The van der Waals surface area contributed by atoms with Crippen LogP contribution in [-0.4, -0.2) is 27.1 Å². The van der Waals surface area contributed by atoms with E-state index in [1.54, 1.807) is 7.11 Å². The molecule has 4 heteroatoms. The highest BCUT2D eigenvalue weighted by atomic mass is 16.7. The maximum atomic E-state index is 5.25. The summed E-state index contributed by atoms with van der Waals surface area (Å²) in [6.45, 7) is 1.79. The van der Waals surface area contributed by atoms with Crippen molar-refractivity contribution in [1.82, 2.24) is 0 Å². The van der Waals surface area contributed by atoms with Crippen LogP contribution in [0.2, 0.25) is 0 Å². The summed E-state index contributed by atoms with van der Waals surface area (Å²) in [6, 6.07) is 5.79. The topological polar surface area (TPSA) is 39.7 Å². The lowest BCUT2D eigenvalue weighted by molar-refractivity contribution is 0.174. The van der Waals surface area contributed by atoms with Crippen LogP contribution in [0, 0.1) is 0 Å². The molecule has 0 spiro atoms. The summed E-state index contributed by atoms with van der Waals surface area (Å²) in [6.07, 6.45) is 0. The first kappa shape index (κ1) is 9.15. The molecule has 0 bridgehead atoms. The van der Waals surface area contributed by atoms with E-state index in [1.807, 2.05) is 18.2 Å². The predicted molar refractivity (Wildman–Crippen MR) is 52.9 cm³/mol. The van der Waals surface area contributed by atoms with Crippen molar-refractivity contribution in [2.45, 2.75) is 0 Å². The number of methoxy groups -OCH3 is 1. The second-order valence-corrected chi connectivity index (χ2v) is 2.99. The van der Waals surface area contributed by atoms with Crippen molar-refractivity contribution in [3.05, 3.63) is 18.2 Å². The smallest absolute Gasteiger partial charge is 0.231 e. The highest BCUT2D eigenvalue weighted by Crippen LogP contribution is 2.33. The summed E-state index contributed by atoms with van der Waals surface area (Å²) in [4.78, 5) is 0. The molecule has 14 heavy (non-hydrogen) atoms. The van der Waals surface area contributed by atoms with Crippen molar-refractivity contribution in [3.63, 3.8) is 0 Å². The largest absolute Gasteiger partial charge is 0.454 e. The van der Waals surface area contributed by atoms with E-state index in [-0.39, 0.29) is 0 Å². The summed E-state index contributed by atoms with van der Waals surface area (Å²) < 4.78 is 15.4. The molecule has 1 aliphatic rings. The number of nitrogens with one attached hydrogen (secondary N) is 1. The molecule has 4 nitrogen and oxygen atoms in total. The number of hydrogen-bond donors (Lipinski definition) is 1. The van der Waals surface area contributed by atoms with Gasteiger partial charge in [0.15, 0.2) is 11.5 Å². The first-order chi connectivity index (χ1) is 6.90. The zero-order chi connectivity index (χ0) is 9.80. The van der Waals surface area contributed by atoms with Gasteiger partial charge < -0.3 is 19.5 Å². The first-order valence-electron chi connectivity index (χ1n) is 4.52. The molecule has 0 radical (unpaired) electrons. The van der Waals surface area contributed by atoms with Crippen molar-refractivity contribution < 1.29 is 14.2 Å². The Morgan fingerprint density at radius 3 is 3.07 bits per heavy atom. The van der Waals surface area contributed by atoms with Crippen LogP contribution in [0.3, 0.4) is 0 Å². The molecule has 0 saturated heterocycles. The molecule has 1 aromatic rings. The van der Waals surface area contributed by atoms with Gasteiger partial charge in [0.25, 0.3) is 0 Å². The van der Waals surface area contributed by atoms with Gasteiger partial charge in [-0.05, 0) is 12.1 Å². The molecule has 0 aliphatic carbocycles. The maximum Gasteiger partial charge on any atom is 0.231 e. The van der Waals surface area contributed by atoms with Crippen LogP contribution in [0.15, 0.2) is 18.2 Å². The van der Waals surface area contributed by atoms with Gasteiger partial charge in [0.1, 0.15) is 0 Å². The Morgan fingerprint density at radius 2 is 2.21 bits per heavy atom. The molecule has 0 amide bonds. The minimum absolute atomic E-state index is 0.316. The van der Waals surface area contributed by atoms with E-state index >= 15 is 0 Å². The lowest BCUT2D eigenvalue weighted by Gasteiger charge is -2.05. The quantitative estimate of drug-likeness (QED) is 0.738. The SMILES string of the molecule is COCCNc1ccc2c(c1)OCO2. The fraction of sp³-hybridized carbons (Fsp3) is 0.400. The van der Waals surface area contributed by atoms with Gasteiger partial charge in [0.2, 0.25) is 6.79 Å². The molecule has 1 N–H and O–H groups in total. The molecule has 0 unspecified atom stereocenters. The molecular formula is C10H13NO3. The highest BCUT2D eigenvalue weighted by molar-refractivity contribution is 5.55. The molecular weight excluding hydrogens is 182 g/mol. The Morgan fingerprint density at radius 1 is 1.36 bits per heavy atom. The normalized spacial score (nSPS) is 12.9. The zero-order valence-corrected chi connectivity index (χ0v) is 8.08. The second kappa shape index (κ2) is 4.19. The number of rotatable bonds is 4. The number of benzene rings is 1. The highest BCUT2D eigenvalue weighted by Gasteiger charge is 2.12. The number of fused-ring (bicyclic) bond motifs is 1. The van der Waals surface area contributed by atoms with Crippen LogP contribution in [0.5, 0.6) is 11.5 Å². The van der Waals surface area contributed by atoms with Gasteiger partial charge in [0, 0.05) is 25.4 Å². The fourth-order valence-electron chi connectivity index (χ4n) is 1.30. The van der Waals surface area contributed by atoms with Crippen LogP contribution in [0.4, 0.5) is 5.69 Å². The van der Waals surface area contributed by atoms with E-state index in [9.17, 15) is 0 Å². The minimum atomic E-state index is 0.316. The van der Waals surface area contributed by atoms with Crippen LogP contribution in [0.25, 0.3) is 0 Å². The summed E-state index contributed by atoms with van der Waals surface area (Å²) >= 11 is 0. The molecule has 0 aromatic heterocycles. The molecule has 76 valence electrons. The minimum Gasteiger partial charge on any atom is -0.454 e. The third kappa shape index (κ3) is 1.90. The molecule has 0 fully saturated rings. The summed E-state index contributed by atoms with van der Waals surface area (Å²) in [5, 5.41) is 3.21. The van der Waals surface area contributed by atoms with Crippen molar-refractivity contribution in [2.75, 3.05) is 32.4 Å². The van der Waals surface area contributed by atoms with Gasteiger partial charge in [-0.2, -0.15) is 0 Å². The standard InChI is InChI=1S/C10H13NO3/c1-12-5-4-11-8-2-3-9-10(6-8)14-7-13-9/h2-3,6,11H,4-5,7H2,1H3. The van der Waals surface area contributed by atoms with Crippen molar-refractivity contribution in [2.24, 2.45) is 0 Å². The molecule has 1 aliphatic heterocycles. The van der Waals surface area contributed by atoms with Crippen LogP contribution in [-0.2, 0) is 4.74 Å². The van der Waals surface area contributed by atoms with Gasteiger partial charge in [0.05, 0.1) is 6.61 Å². The van der Waals surface area contributed by atoms with E-state index in [1.165, 1.54) is 0 Å². The van der Waals surface area contributed by atoms with Gasteiger partial charge >= 0.3 is 0 Å². The van der Waals surface area contributed by atoms with Crippen LogP contribution in [0.1, 0.15) is 0 Å².